The number of anilines is 2. The third-order valence-electron chi connectivity index (χ3n) is 4.19. The molecule has 0 radical (unpaired) electrons. The van der Waals surface area contributed by atoms with Crippen LogP contribution in [0.3, 0.4) is 0 Å². The molecule has 2 aromatic carbocycles. The molecule has 7 heteroatoms. The van der Waals surface area contributed by atoms with E-state index in [2.05, 4.69) is 10.6 Å². The van der Waals surface area contributed by atoms with Gasteiger partial charge in [-0.05, 0) is 51.2 Å². The number of ether oxygens (including phenoxy) is 1. The molecule has 0 aliphatic rings. The van der Waals surface area contributed by atoms with E-state index < -0.39 is 6.04 Å². The second-order valence-electron chi connectivity index (χ2n) is 6.34. The minimum Gasteiger partial charge on any atom is -0.495 e. The SMILES string of the molecule is COc1ccc(Cl)cc1NC(=O)C(C)N(C)CC(=O)Nc1ccc(C)cc1. The van der Waals surface area contributed by atoms with Gasteiger partial charge >= 0.3 is 0 Å². The van der Waals surface area contributed by atoms with Crippen molar-refractivity contribution in [1.82, 2.24) is 4.90 Å². The van der Waals surface area contributed by atoms with Crippen LogP contribution in [-0.4, -0.2) is 43.5 Å². The number of benzene rings is 2. The number of amides is 2. The number of rotatable bonds is 7. The highest BCUT2D eigenvalue weighted by molar-refractivity contribution is 6.31. The first kappa shape index (κ1) is 20.7. The Morgan fingerprint density at radius 2 is 1.81 bits per heavy atom. The third-order valence-corrected chi connectivity index (χ3v) is 4.42. The van der Waals surface area contributed by atoms with Gasteiger partial charge in [0.2, 0.25) is 11.8 Å². The number of methoxy groups -OCH3 is 1. The Bertz CT molecular complexity index is 809. The van der Waals surface area contributed by atoms with Crippen molar-refractivity contribution < 1.29 is 14.3 Å². The molecular weight excluding hydrogens is 366 g/mol. The lowest BCUT2D eigenvalue weighted by molar-refractivity contribution is -0.122. The molecule has 0 spiro atoms. The average molecular weight is 390 g/mol. The summed E-state index contributed by atoms with van der Waals surface area (Å²) in [6.45, 7) is 3.79. The number of hydrogen-bond donors (Lipinski definition) is 2. The number of halogens is 1. The fourth-order valence-corrected chi connectivity index (χ4v) is 2.59. The number of likely N-dealkylation sites (N-methyl/N-ethyl adjacent to an activating group) is 1. The van der Waals surface area contributed by atoms with Gasteiger partial charge in [-0.2, -0.15) is 0 Å². The normalized spacial score (nSPS) is 11.8. The Morgan fingerprint density at radius 3 is 2.44 bits per heavy atom. The number of nitrogens with one attached hydrogen (secondary N) is 2. The molecule has 2 N–H and O–H groups in total. The van der Waals surface area contributed by atoms with Crippen LogP contribution in [0.25, 0.3) is 0 Å². The molecule has 144 valence electrons. The fraction of sp³-hybridized carbons (Fsp3) is 0.300. The minimum absolute atomic E-state index is 0.0785. The molecule has 27 heavy (non-hydrogen) atoms. The van der Waals surface area contributed by atoms with Gasteiger partial charge in [0.05, 0.1) is 25.4 Å². The van der Waals surface area contributed by atoms with Crippen LogP contribution < -0.4 is 15.4 Å². The Morgan fingerprint density at radius 1 is 1.15 bits per heavy atom. The van der Waals surface area contributed by atoms with Gasteiger partial charge in [-0.3, -0.25) is 14.5 Å². The lowest BCUT2D eigenvalue weighted by Gasteiger charge is -2.23. The predicted molar refractivity (Wildman–Crippen MR) is 109 cm³/mol. The quantitative estimate of drug-likeness (QED) is 0.759. The fourth-order valence-electron chi connectivity index (χ4n) is 2.42. The van der Waals surface area contributed by atoms with Crippen LogP contribution >= 0.6 is 11.6 Å². The molecule has 0 saturated carbocycles. The first-order valence-electron chi connectivity index (χ1n) is 8.51. The maximum atomic E-state index is 12.5. The van der Waals surface area contributed by atoms with Crippen molar-refractivity contribution in [3.63, 3.8) is 0 Å². The van der Waals surface area contributed by atoms with Crippen LogP contribution in [0, 0.1) is 6.92 Å². The lowest BCUT2D eigenvalue weighted by Crippen LogP contribution is -2.43. The van der Waals surface area contributed by atoms with E-state index in [1.54, 1.807) is 37.1 Å². The van der Waals surface area contributed by atoms with E-state index in [9.17, 15) is 9.59 Å². The van der Waals surface area contributed by atoms with Crippen molar-refractivity contribution in [1.29, 1.82) is 0 Å². The van der Waals surface area contributed by atoms with Crippen LogP contribution in [0.4, 0.5) is 11.4 Å². The van der Waals surface area contributed by atoms with E-state index in [4.69, 9.17) is 16.3 Å². The molecule has 0 heterocycles. The zero-order valence-corrected chi connectivity index (χ0v) is 16.6. The molecule has 0 bridgehead atoms. The van der Waals surface area contributed by atoms with Gasteiger partial charge in [-0.1, -0.05) is 29.3 Å². The summed E-state index contributed by atoms with van der Waals surface area (Å²) in [7, 11) is 3.23. The van der Waals surface area contributed by atoms with Gasteiger partial charge < -0.3 is 15.4 Å². The number of aryl methyl sites for hydroxylation is 1. The zero-order valence-electron chi connectivity index (χ0n) is 15.9. The van der Waals surface area contributed by atoms with Crippen molar-refractivity contribution in [3.05, 3.63) is 53.1 Å². The van der Waals surface area contributed by atoms with E-state index in [0.717, 1.165) is 11.3 Å². The highest BCUT2D eigenvalue weighted by Gasteiger charge is 2.21. The van der Waals surface area contributed by atoms with Gasteiger partial charge in [0.1, 0.15) is 5.75 Å². The third kappa shape index (κ3) is 5.98. The lowest BCUT2D eigenvalue weighted by atomic mass is 10.2. The Balaban J connectivity index is 1.94. The van der Waals surface area contributed by atoms with Crippen LogP contribution in [0.5, 0.6) is 5.75 Å². The van der Waals surface area contributed by atoms with Gasteiger partial charge in [-0.15, -0.1) is 0 Å². The van der Waals surface area contributed by atoms with Crippen molar-refractivity contribution >= 4 is 34.8 Å². The topological polar surface area (TPSA) is 70.7 Å². The molecule has 2 amide bonds. The molecule has 0 aromatic heterocycles. The van der Waals surface area contributed by atoms with Crippen LogP contribution in [0.15, 0.2) is 42.5 Å². The second-order valence-corrected chi connectivity index (χ2v) is 6.78. The highest BCUT2D eigenvalue weighted by atomic mass is 35.5. The molecule has 1 unspecified atom stereocenters. The van der Waals surface area contributed by atoms with Crippen molar-refractivity contribution in [2.75, 3.05) is 31.3 Å². The summed E-state index contributed by atoms with van der Waals surface area (Å²) >= 11 is 5.98. The first-order valence-corrected chi connectivity index (χ1v) is 8.89. The standard InChI is InChI=1S/C20H24ClN3O3/c1-13-5-8-16(9-6-13)22-19(25)12-24(3)14(2)20(26)23-17-11-15(21)7-10-18(17)27-4/h5-11,14H,12H2,1-4H3,(H,22,25)(H,23,26). The summed E-state index contributed by atoms with van der Waals surface area (Å²) in [4.78, 5) is 26.4. The molecular formula is C20H24ClN3O3. The zero-order chi connectivity index (χ0) is 20.0. The minimum atomic E-state index is -0.530. The molecule has 0 aliphatic heterocycles. The van der Waals surface area contributed by atoms with Crippen molar-refractivity contribution in [2.45, 2.75) is 19.9 Å². The van der Waals surface area contributed by atoms with Crippen molar-refractivity contribution in [2.24, 2.45) is 0 Å². The van der Waals surface area contributed by atoms with E-state index in [1.165, 1.54) is 7.11 Å². The smallest absolute Gasteiger partial charge is 0.241 e. The Labute approximate surface area is 164 Å². The van der Waals surface area contributed by atoms with Gasteiger partial charge in [0, 0.05) is 10.7 Å². The summed E-state index contributed by atoms with van der Waals surface area (Å²) in [5.41, 5.74) is 2.32. The molecule has 0 aliphatic carbocycles. The average Bonchev–Trinajstić information content (AvgIpc) is 2.63. The molecule has 2 aromatic rings. The summed E-state index contributed by atoms with van der Waals surface area (Å²) in [5.74, 6) is 0.0576. The maximum Gasteiger partial charge on any atom is 0.241 e. The van der Waals surface area contributed by atoms with Gasteiger partial charge in [0.25, 0.3) is 0 Å². The Hall–Kier alpha value is -2.57. The van der Waals surface area contributed by atoms with E-state index >= 15 is 0 Å². The number of carbonyl (C=O) groups excluding carboxylic acids is 2. The van der Waals surface area contributed by atoms with Gasteiger partial charge in [0.15, 0.2) is 0 Å². The number of carbonyl (C=O) groups is 2. The maximum absolute atomic E-state index is 12.5. The molecule has 0 fully saturated rings. The number of nitrogens with zero attached hydrogens (tertiary/aromatic N) is 1. The largest absolute Gasteiger partial charge is 0.495 e. The van der Waals surface area contributed by atoms with E-state index in [0.29, 0.717) is 16.5 Å². The predicted octanol–water partition coefficient (Wildman–Crippen LogP) is 3.55. The monoisotopic (exact) mass is 389 g/mol. The summed E-state index contributed by atoms with van der Waals surface area (Å²) in [6, 6.07) is 12.0. The second kappa shape index (κ2) is 9.39. The van der Waals surface area contributed by atoms with E-state index in [-0.39, 0.29) is 18.4 Å². The molecule has 1 atom stereocenters. The van der Waals surface area contributed by atoms with Crippen molar-refractivity contribution in [3.8, 4) is 5.75 Å². The molecule has 2 rings (SSSR count). The van der Waals surface area contributed by atoms with Gasteiger partial charge in [-0.25, -0.2) is 0 Å². The Kier molecular flexibility index (Phi) is 7.21. The first-order chi connectivity index (χ1) is 12.8. The summed E-state index contributed by atoms with van der Waals surface area (Å²) < 4.78 is 5.23. The van der Waals surface area contributed by atoms with Crippen LogP contribution in [0.1, 0.15) is 12.5 Å². The van der Waals surface area contributed by atoms with Crippen LogP contribution in [0.2, 0.25) is 5.02 Å². The summed E-state index contributed by atoms with van der Waals surface area (Å²) in [6.07, 6.45) is 0. The van der Waals surface area contributed by atoms with Crippen LogP contribution in [-0.2, 0) is 9.59 Å². The molecule has 0 saturated heterocycles. The van der Waals surface area contributed by atoms with E-state index in [1.807, 2.05) is 31.2 Å². The number of hydrogen-bond acceptors (Lipinski definition) is 4. The highest BCUT2D eigenvalue weighted by Crippen LogP contribution is 2.27. The molecule has 6 nitrogen and oxygen atoms in total. The summed E-state index contributed by atoms with van der Waals surface area (Å²) in [5, 5.41) is 6.10.